The van der Waals surface area contributed by atoms with Gasteiger partial charge in [-0.3, -0.25) is 0 Å². The van der Waals surface area contributed by atoms with Crippen molar-refractivity contribution < 1.29 is 19.5 Å². The molecule has 0 unspecified atom stereocenters. The number of allylic oxidation sites excluding steroid dienone is 2. The number of carbonyl (C=O) groups is 1. The van der Waals surface area contributed by atoms with E-state index in [4.69, 9.17) is 4.84 Å². The first kappa shape index (κ1) is 22.3. The molecule has 0 saturated carbocycles. The van der Waals surface area contributed by atoms with E-state index in [9.17, 15) is 9.90 Å². The standard InChI is InChI=1S/C21H30N2O4S/c1-14(8-9-20(24)26-5)7-6-10-21(4,25)19-12-18(23-27-19)15(2)11-17-13-22-16(3)28-17/h8-9,11,13-14,19,25H,6-7,10,12H2,1-5H3/b9-8+,15-11+/t14-,19+,21+/m0/s1. The van der Waals surface area contributed by atoms with Gasteiger partial charge in [-0.2, -0.15) is 0 Å². The fraction of sp³-hybridized carbons (Fsp3) is 0.571. The highest BCUT2D eigenvalue weighted by Gasteiger charge is 2.38. The third-order valence-electron chi connectivity index (χ3n) is 4.92. The molecule has 0 aliphatic carbocycles. The minimum Gasteiger partial charge on any atom is -0.466 e. The van der Waals surface area contributed by atoms with E-state index in [-0.39, 0.29) is 18.0 Å². The van der Waals surface area contributed by atoms with Crippen molar-refractivity contribution in [2.24, 2.45) is 11.1 Å². The Kier molecular flexibility index (Phi) is 7.95. The van der Waals surface area contributed by atoms with Gasteiger partial charge in [-0.15, -0.1) is 11.3 Å². The highest BCUT2D eigenvalue weighted by atomic mass is 32.1. The van der Waals surface area contributed by atoms with Gasteiger partial charge in [-0.25, -0.2) is 9.78 Å². The maximum absolute atomic E-state index is 11.1. The zero-order valence-electron chi connectivity index (χ0n) is 17.3. The fourth-order valence-electron chi connectivity index (χ4n) is 3.04. The van der Waals surface area contributed by atoms with Gasteiger partial charge in [0.05, 0.1) is 17.8 Å². The SMILES string of the molecule is COC(=O)/C=C/[C@@H](C)CCC[C@@](C)(O)[C@H]1CC(/C(C)=C/c2cnc(C)s2)=NO1. The molecule has 0 amide bonds. The van der Waals surface area contributed by atoms with Crippen LogP contribution >= 0.6 is 11.3 Å². The first-order valence-electron chi connectivity index (χ1n) is 9.53. The van der Waals surface area contributed by atoms with Crippen LogP contribution in [0.2, 0.25) is 0 Å². The summed E-state index contributed by atoms with van der Waals surface area (Å²) in [7, 11) is 1.36. The van der Waals surface area contributed by atoms with Crippen LogP contribution < -0.4 is 0 Å². The molecule has 0 fully saturated rings. The Morgan fingerprint density at radius 2 is 2.32 bits per heavy atom. The molecule has 2 rings (SSSR count). The minimum absolute atomic E-state index is 0.235. The summed E-state index contributed by atoms with van der Waals surface area (Å²) in [5.74, 6) is -0.112. The Labute approximate surface area is 171 Å². The summed E-state index contributed by atoms with van der Waals surface area (Å²) in [4.78, 5) is 22.0. The zero-order chi connectivity index (χ0) is 20.7. The number of nitrogens with zero attached hydrogens (tertiary/aromatic N) is 2. The van der Waals surface area contributed by atoms with E-state index in [1.165, 1.54) is 13.2 Å². The number of hydrogen-bond acceptors (Lipinski definition) is 7. The monoisotopic (exact) mass is 406 g/mol. The predicted octanol–water partition coefficient (Wildman–Crippen LogP) is 4.29. The molecule has 0 bridgehead atoms. The number of rotatable bonds is 9. The van der Waals surface area contributed by atoms with E-state index in [0.29, 0.717) is 12.8 Å². The van der Waals surface area contributed by atoms with Crippen molar-refractivity contribution in [2.45, 2.75) is 65.1 Å². The fourth-order valence-corrected chi connectivity index (χ4v) is 3.82. The topological polar surface area (TPSA) is 81.0 Å². The van der Waals surface area contributed by atoms with Crippen molar-refractivity contribution in [3.8, 4) is 0 Å². The van der Waals surface area contributed by atoms with Gasteiger partial charge in [0.15, 0.2) is 6.10 Å². The number of aliphatic hydroxyl groups is 1. The van der Waals surface area contributed by atoms with Gasteiger partial charge in [0.1, 0.15) is 5.60 Å². The Hall–Kier alpha value is -1.99. The molecule has 0 saturated heterocycles. The Morgan fingerprint density at radius 3 is 2.96 bits per heavy atom. The van der Waals surface area contributed by atoms with E-state index in [0.717, 1.165) is 34.0 Å². The first-order valence-corrected chi connectivity index (χ1v) is 10.3. The lowest BCUT2D eigenvalue weighted by Crippen LogP contribution is -2.39. The van der Waals surface area contributed by atoms with Crippen molar-refractivity contribution in [1.29, 1.82) is 0 Å². The van der Waals surface area contributed by atoms with Crippen LogP contribution in [0.4, 0.5) is 0 Å². The molecule has 28 heavy (non-hydrogen) atoms. The highest BCUT2D eigenvalue weighted by molar-refractivity contribution is 7.12. The second-order valence-electron chi connectivity index (χ2n) is 7.55. The average molecular weight is 407 g/mol. The summed E-state index contributed by atoms with van der Waals surface area (Å²) in [5.41, 5.74) is 0.938. The van der Waals surface area contributed by atoms with E-state index in [1.54, 1.807) is 18.3 Å². The average Bonchev–Trinajstić information content (AvgIpc) is 3.29. The summed E-state index contributed by atoms with van der Waals surface area (Å²) in [6.07, 6.45) is 9.72. The second kappa shape index (κ2) is 9.98. The van der Waals surface area contributed by atoms with Crippen LogP contribution in [0.5, 0.6) is 0 Å². The second-order valence-corrected chi connectivity index (χ2v) is 8.82. The van der Waals surface area contributed by atoms with Crippen LogP contribution in [0.3, 0.4) is 0 Å². The highest BCUT2D eigenvalue weighted by Crippen LogP contribution is 2.30. The van der Waals surface area contributed by atoms with E-state index in [1.807, 2.05) is 33.0 Å². The molecule has 154 valence electrons. The molecule has 0 spiro atoms. The Balaban J connectivity index is 1.82. The largest absolute Gasteiger partial charge is 0.466 e. The third-order valence-corrected chi connectivity index (χ3v) is 5.78. The molecular weight excluding hydrogens is 376 g/mol. The molecule has 1 aliphatic heterocycles. The molecule has 1 aliphatic rings. The van der Waals surface area contributed by atoms with E-state index in [2.05, 4.69) is 21.0 Å². The first-order chi connectivity index (χ1) is 13.2. The lowest BCUT2D eigenvalue weighted by Gasteiger charge is -2.28. The number of oxime groups is 1. The van der Waals surface area contributed by atoms with Gasteiger partial charge in [-0.1, -0.05) is 18.2 Å². The van der Waals surface area contributed by atoms with E-state index >= 15 is 0 Å². The van der Waals surface area contributed by atoms with Gasteiger partial charge in [0, 0.05) is 23.6 Å². The van der Waals surface area contributed by atoms with Crippen LogP contribution in [0.25, 0.3) is 6.08 Å². The summed E-state index contributed by atoms with van der Waals surface area (Å²) in [6.45, 7) is 7.82. The smallest absolute Gasteiger partial charge is 0.330 e. The molecule has 0 aromatic carbocycles. The van der Waals surface area contributed by atoms with Crippen molar-refractivity contribution in [3.63, 3.8) is 0 Å². The molecular formula is C21H30N2O4S. The number of ether oxygens (including phenoxy) is 1. The van der Waals surface area contributed by atoms with Gasteiger partial charge < -0.3 is 14.7 Å². The number of aromatic nitrogens is 1. The number of thiazole rings is 1. The summed E-state index contributed by atoms with van der Waals surface area (Å²) in [5, 5.41) is 16.1. The normalized spacial score (nSPS) is 20.6. The van der Waals surface area contributed by atoms with Crippen LogP contribution in [0.1, 0.15) is 56.3 Å². The molecule has 0 radical (unpaired) electrons. The number of hydrogen-bond donors (Lipinski definition) is 1. The number of carbonyl (C=O) groups excluding carboxylic acids is 1. The van der Waals surface area contributed by atoms with Gasteiger partial charge in [0.25, 0.3) is 0 Å². The quantitative estimate of drug-likeness (QED) is 0.489. The molecule has 2 heterocycles. The van der Waals surface area contributed by atoms with Crippen LogP contribution in [-0.4, -0.2) is 40.6 Å². The summed E-state index contributed by atoms with van der Waals surface area (Å²) in [6, 6.07) is 0. The van der Waals surface area contributed by atoms with Crippen molar-refractivity contribution >= 4 is 29.1 Å². The predicted molar refractivity (Wildman–Crippen MR) is 112 cm³/mol. The van der Waals surface area contributed by atoms with E-state index < -0.39 is 5.60 Å². The van der Waals surface area contributed by atoms with Crippen LogP contribution in [-0.2, 0) is 14.4 Å². The van der Waals surface area contributed by atoms with Crippen molar-refractivity contribution in [2.75, 3.05) is 7.11 Å². The molecule has 3 atom stereocenters. The van der Waals surface area contributed by atoms with Gasteiger partial charge in [-0.05, 0) is 57.6 Å². The Morgan fingerprint density at radius 1 is 1.57 bits per heavy atom. The lowest BCUT2D eigenvalue weighted by molar-refractivity contribution is -0.134. The Bertz CT molecular complexity index is 764. The molecule has 7 heteroatoms. The number of esters is 1. The van der Waals surface area contributed by atoms with Crippen LogP contribution in [0.15, 0.2) is 29.1 Å². The zero-order valence-corrected chi connectivity index (χ0v) is 18.1. The van der Waals surface area contributed by atoms with Gasteiger partial charge in [0.2, 0.25) is 0 Å². The lowest BCUT2D eigenvalue weighted by atomic mass is 9.87. The summed E-state index contributed by atoms with van der Waals surface area (Å²) >= 11 is 1.63. The maximum atomic E-state index is 11.1. The van der Waals surface area contributed by atoms with Crippen LogP contribution in [0, 0.1) is 12.8 Å². The molecule has 1 aromatic heterocycles. The molecule has 1 aromatic rings. The number of methoxy groups -OCH3 is 1. The minimum atomic E-state index is -0.960. The summed E-state index contributed by atoms with van der Waals surface area (Å²) < 4.78 is 4.59. The van der Waals surface area contributed by atoms with Gasteiger partial charge >= 0.3 is 5.97 Å². The third kappa shape index (κ3) is 6.56. The molecule has 6 nitrogen and oxygen atoms in total. The molecule has 1 N–H and O–H groups in total. The number of aryl methyl sites for hydroxylation is 1. The van der Waals surface area contributed by atoms with Crippen molar-refractivity contribution in [1.82, 2.24) is 4.98 Å². The maximum Gasteiger partial charge on any atom is 0.330 e. The van der Waals surface area contributed by atoms with Crippen molar-refractivity contribution in [3.05, 3.63) is 33.8 Å².